The number of rotatable bonds is 8. The van der Waals surface area contributed by atoms with E-state index in [1.807, 2.05) is 61.5 Å². The van der Waals surface area contributed by atoms with Crippen molar-refractivity contribution in [2.75, 3.05) is 29.9 Å². The van der Waals surface area contributed by atoms with Crippen molar-refractivity contribution in [3.63, 3.8) is 0 Å². The van der Waals surface area contributed by atoms with Crippen molar-refractivity contribution in [1.29, 1.82) is 0 Å². The second-order valence-corrected chi connectivity index (χ2v) is 8.59. The number of carbonyl (C=O) groups excluding carboxylic acids is 1. The number of anilines is 2. The Kier molecular flexibility index (Phi) is 6.88. The Morgan fingerprint density at radius 2 is 1.80 bits per heavy atom. The minimum Gasteiger partial charge on any atom is -0.494 e. The Balaban J connectivity index is 1.37. The molecule has 0 aliphatic carbocycles. The largest absolute Gasteiger partial charge is 0.494 e. The predicted octanol–water partition coefficient (Wildman–Crippen LogP) is 5.25. The summed E-state index contributed by atoms with van der Waals surface area (Å²) in [6, 6.07) is 17.3. The van der Waals surface area contributed by atoms with Gasteiger partial charge in [0.05, 0.1) is 6.61 Å². The summed E-state index contributed by atoms with van der Waals surface area (Å²) in [6.45, 7) is 4.41. The number of aryl methyl sites for hydroxylation is 1. The third kappa shape index (κ3) is 5.26. The second kappa shape index (κ2) is 10.5. The zero-order valence-corrected chi connectivity index (χ0v) is 19.9. The first-order valence-corrected chi connectivity index (χ1v) is 12.2. The number of fused-ring (bicyclic) bond motifs is 1. The van der Waals surface area contributed by atoms with Gasteiger partial charge in [0.2, 0.25) is 5.91 Å². The molecule has 4 aromatic rings. The molecule has 0 spiro atoms. The molecule has 2 aromatic carbocycles. The van der Waals surface area contributed by atoms with Gasteiger partial charge in [0.1, 0.15) is 28.5 Å². The molecule has 1 N–H and O–H groups in total. The van der Waals surface area contributed by atoms with Crippen LogP contribution in [0.15, 0.2) is 59.1 Å². The molecule has 0 unspecified atom stereocenters. The Morgan fingerprint density at radius 3 is 2.54 bits per heavy atom. The van der Waals surface area contributed by atoms with Crippen LogP contribution in [0.4, 0.5) is 11.5 Å². The van der Waals surface area contributed by atoms with Gasteiger partial charge < -0.3 is 19.5 Å². The van der Waals surface area contributed by atoms with E-state index in [-0.39, 0.29) is 12.3 Å². The molecule has 3 heterocycles. The lowest BCUT2D eigenvalue weighted by atomic mass is 10.1. The number of ether oxygens (including phenoxy) is 1. The van der Waals surface area contributed by atoms with Crippen LogP contribution in [-0.2, 0) is 11.2 Å². The van der Waals surface area contributed by atoms with Gasteiger partial charge in [-0.3, -0.25) is 4.79 Å². The summed E-state index contributed by atoms with van der Waals surface area (Å²) in [5, 5.41) is 8.10. The van der Waals surface area contributed by atoms with Crippen LogP contribution in [0, 0.1) is 0 Å². The van der Waals surface area contributed by atoms with Crippen molar-refractivity contribution >= 4 is 28.5 Å². The maximum absolute atomic E-state index is 12.6. The van der Waals surface area contributed by atoms with E-state index in [1.165, 1.54) is 6.42 Å². The molecule has 8 heteroatoms. The van der Waals surface area contributed by atoms with Crippen LogP contribution in [0.5, 0.6) is 5.75 Å². The molecule has 0 radical (unpaired) electrons. The van der Waals surface area contributed by atoms with Crippen LogP contribution in [0.1, 0.15) is 38.4 Å². The summed E-state index contributed by atoms with van der Waals surface area (Å²) in [7, 11) is 0. The van der Waals surface area contributed by atoms with E-state index in [9.17, 15) is 4.79 Å². The number of nitrogens with one attached hydrogen (secondary N) is 1. The van der Waals surface area contributed by atoms with Crippen LogP contribution in [0.25, 0.3) is 22.4 Å². The number of hydrogen-bond donors (Lipinski definition) is 1. The van der Waals surface area contributed by atoms with Crippen LogP contribution < -0.4 is 15.0 Å². The Bertz CT molecular complexity index is 1280. The van der Waals surface area contributed by atoms with E-state index >= 15 is 0 Å². The number of hydrogen-bond acceptors (Lipinski definition) is 7. The van der Waals surface area contributed by atoms with E-state index in [4.69, 9.17) is 14.2 Å². The first-order valence-electron chi connectivity index (χ1n) is 12.2. The van der Waals surface area contributed by atoms with Crippen molar-refractivity contribution in [3.8, 4) is 17.0 Å². The third-order valence-electron chi connectivity index (χ3n) is 6.09. The van der Waals surface area contributed by atoms with Gasteiger partial charge in [0.25, 0.3) is 5.71 Å². The zero-order chi connectivity index (χ0) is 24.0. The van der Waals surface area contributed by atoms with Gasteiger partial charge in [-0.1, -0.05) is 35.5 Å². The van der Waals surface area contributed by atoms with Crippen LogP contribution in [0.3, 0.4) is 0 Å². The number of benzene rings is 2. The molecule has 1 aliphatic rings. The number of aromatic nitrogens is 3. The summed E-state index contributed by atoms with van der Waals surface area (Å²) in [5.74, 6) is 2.10. The van der Waals surface area contributed by atoms with Gasteiger partial charge in [0.15, 0.2) is 0 Å². The smallest absolute Gasteiger partial charge is 0.263 e. The van der Waals surface area contributed by atoms with Crippen molar-refractivity contribution in [3.05, 3.63) is 60.4 Å². The SMILES string of the molecule is CCOc1ccc(NC(=O)CCc2nc(N3CCCCC3)c3c(-c4ccccc4)noc3n2)cc1. The van der Waals surface area contributed by atoms with Crippen LogP contribution >= 0.6 is 0 Å². The van der Waals surface area contributed by atoms with E-state index in [2.05, 4.69) is 20.4 Å². The van der Waals surface area contributed by atoms with Gasteiger partial charge in [-0.05, 0) is 50.5 Å². The van der Waals surface area contributed by atoms with Crippen molar-refractivity contribution < 1.29 is 14.1 Å². The van der Waals surface area contributed by atoms with Crippen LogP contribution in [0.2, 0.25) is 0 Å². The molecule has 0 bridgehead atoms. The number of amides is 1. The Morgan fingerprint density at radius 1 is 1.03 bits per heavy atom. The first-order chi connectivity index (χ1) is 17.2. The lowest BCUT2D eigenvalue weighted by molar-refractivity contribution is -0.116. The summed E-state index contributed by atoms with van der Waals surface area (Å²) in [4.78, 5) is 24.4. The van der Waals surface area contributed by atoms with Crippen LogP contribution in [-0.4, -0.2) is 40.7 Å². The van der Waals surface area contributed by atoms with E-state index < -0.39 is 0 Å². The summed E-state index contributed by atoms with van der Waals surface area (Å²) >= 11 is 0. The maximum atomic E-state index is 12.6. The Labute approximate surface area is 204 Å². The minimum absolute atomic E-state index is 0.0973. The highest BCUT2D eigenvalue weighted by molar-refractivity contribution is 5.98. The monoisotopic (exact) mass is 471 g/mol. The van der Waals surface area contributed by atoms with Gasteiger partial charge >= 0.3 is 0 Å². The predicted molar refractivity (Wildman–Crippen MR) is 136 cm³/mol. The van der Waals surface area contributed by atoms with Gasteiger partial charge in [-0.25, -0.2) is 4.98 Å². The number of piperidine rings is 1. The molecule has 2 aromatic heterocycles. The molecule has 0 atom stereocenters. The van der Waals surface area contributed by atoms with Gasteiger partial charge in [-0.15, -0.1) is 0 Å². The minimum atomic E-state index is -0.0973. The highest BCUT2D eigenvalue weighted by Crippen LogP contribution is 2.34. The summed E-state index contributed by atoms with van der Waals surface area (Å²) in [6.07, 6.45) is 4.13. The zero-order valence-electron chi connectivity index (χ0n) is 19.9. The fourth-order valence-electron chi connectivity index (χ4n) is 4.37. The molecule has 1 saturated heterocycles. The van der Waals surface area contributed by atoms with E-state index in [0.717, 1.165) is 59.8 Å². The van der Waals surface area contributed by atoms with Crippen molar-refractivity contribution in [2.24, 2.45) is 0 Å². The molecule has 1 amide bonds. The molecule has 35 heavy (non-hydrogen) atoms. The van der Waals surface area contributed by atoms with E-state index in [0.29, 0.717) is 24.6 Å². The molecular formula is C27H29N5O3. The lowest BCUT2D eigenvalue weighted by Crippen LogP contribution is -2.30. The quantitative estimate of drug-likeness (QED) is 0.375. The molecule has 0 saturated carbocycles. The highest BCUT2D eigenvalue weighted by atomic mass is 16.5. The van der Waals surface area contributed by atoms with Crippen molar-refractivity contribution in [1.82, 2.24) is 15.1 Å². The first kappa shape index (κ1) is 22.8. The fraction of sp³-hybridized carbons (Fsp3) is 0.333. The normalized spacial score (nSPS) is 13.7. The maximum Gasteiger partial charge on any atom is 0.263 e. The third-order valence-corrected chi connectivity index (χ3v) is 6.09. The molecule has 1 fully saturated rings. The standard InChI is InChI=1S/C27H29N5O3/c1-2-34-21-13-11-20(12-14-21)28-23(33)16-15-22-29-26(32-17-7-4-8-18-32)24-25(31-35-27(24)30-22)19-9-5-3-6-10-19/h3,5-6,9-14H,2,4,7-8,15-18H2,1H3,(H,28,33). The molecule has 5 rings (SSSR count). The number of carbonyl (C=O) groups is 1. The van der Waals surface area contributed by atoms with Gasteiger partial charge in [0, 0.05) is 37.2 Å². The topological polar surface area (TPSA) is 93.4 Å². The van der Waals surface area contributed by atoms with Crippen molar-refractivity contribution in [2.45, 2.75) is 39.0 Å². The average Bonchev–Trinajstić information content (AvgIpc) is 3.33. The number of nitrogens with zero attached hydrogens (tertiary/aromatic N) is 4. The molecule has 180 valence electrons. The average molecular weight is 472 g/mol. The second-order valence-electron chi connectivity index (χ2n) is 8.59. The molecular weight excluding hydrogens is 442 g/mol. The summed E-state index contributed by atoms with van der Waals surface area (Å²) in [5.41, 5.74) is 2.91. The van der Waals surface area contributed by atoms with E-state index in [1.54, 1.807) is 0 Å². The fourth-order valence-corrected chi connectivity index (χ4v) is 4.37. The lowest BCUT2D eigenvalue weighted by Gasteiger charge is -2.28. The Hall–Kier alpha value is -3.94. The molecule has 1 aliphatic heterocycles. The molecule has 8 nitrogen and oxygen atoms in total. The van der Waals surface area contributed by atoms with Gasteiger partial charge in [-0.2, -0.15) is 4.98 Å². The summed E-state index contributed by atoms with van der Waals surface area (Å²) < 4.78 is 11.1. The highest BCUT2D eigenvalue weighted by Gasteiger charge is 2.24.